The van der Waals surface area contributed by atoms with E-state index >= 15 is 0 Å². The summed E-state index contributed by atoms with van der Waals surface area (Å²) in [6.45, 7) is 3.64. The summed E-state index contributed by atoms with van der Waals surface area (Å²) >= 11 is 8.52. The molecule has 1 fully saturated rings. The molecule has 3 nitrogen and oxygen atoms in total. The molecule has 1 aromatic carbocycles. The summed E-state index contributed by atoms with van der Waals surface area (Å²) in [5, 5.41) is 3.49. The predicted octanol–water partition coefficient (Wildman–Crippen LogP) is 2.67. The summed E-state index contributed by atoms with van der Waals surface area (Å²) in [5.41, 5.74) is 7.52. The SMILES string of the molecule is CC1(Nc2cc(Br)ccc2C(N)=S)CCOC1. The van der Waals surface area contributed by atoms with Crippen LogP contribution in [0.4, 0.5) is 5.69 Å². The number of halogens is 1. The number of hydrogen-bond donors (Lipinski definition) is 2. The van der Waals surface area contributed by atoms with Crippen molar-refractivity contribution in [3.63, 3.8) is 0 Å². The molecule has 1 atom stereocenters. The minimum absolute atomic E-state index is 0.0413. The number of thiocarbonyl (C=S) groups is 1. The molecule has 17 heavy (non-hydrogen) atoms. The van der Waals surface area contributed by atoms with Crippen LogP contribution in [0.2, 0.25) is 0 Å². The minimum atomic E-state index is -0.0413. The van der Waals surface area contributed by atoms with Crippen LogP contribution in [0, 0.1) is 0 Å². The number of nitrogens with one attached hydrogen (secondary N) is 1. The van der Waals surface area contributed by atoms with Crippen molar-refractivity contribution in [3.8, 4) is 0 Å². The Morgan fingerprint density at radius 3 is 2.94 bits per heavy atom. The third-order valence-electron chi connectivity index (χ3n) is 2.90. The number of hydrogen-bond acceptors (Lipinski definition) is 3. The van der Waals surface area contributed by atoms with Crippen molar-refractivity contribution >= 4 is 38.8 Å². The highest BCUT2D eigenvalue weighted by Crippen LogP contribution is 2.28. The Balaban J connectivity index is 2.30. The standard InChI is InChI=1S/C12H15BrN2OS/c1-12(4-5-16-7-12)15-10-6-8(13)2-3-9(10)11(14)17/h2-3,6,15H,4-5,7H2,1H3,(H2,14,17). The van der Waals surface area contributed by atoms with Gasteiger partial charge in [0.05, 0.1) is 12.1 Å². The molecule has 0 saturated carbocycles. The summed E-state index contributed by atoms with van der Waals surface area (Å²) in [5.74, 6) is 0. The van der Waals surface area contributed by atoms with E-state index in [0.29, 0.717) is 11.6 Å². The maximum Gasteiger partial charge on any atom is 0.106 e. The first-order valence-electron chi connectivity index (χ1n) is 5.45. The van der Waals surface area contributed by atoms with Gasteiger partial charge in [-0.15, -0.1) is 0 Å². The van der Waals surface area contributed by atoms with Gasteiger partial charge in [0.15, 0.2) is 0 Å². The van der Waals surface area contributed by atoms with E-state index in [1.807, 2.05) is 18.2 Å². The third kappa shape index (κ3) is 2.97. The lowest BCUT2D eigenvalue weighted by molar-refractivity contribution is 0.185. The Bertz CT molecular complexity index is 444. The molecule has 1 aliphatic rings. The Labute approximate surface area is 115 Å². The average molecular weight is 315 g/mol. The first-order valence-corrected chi connectivity index (χ1v) is 6.66. The van der Waals surface area contributed by atoms with Crippen LogP contribution < -0.4 is 11.1 Å². The van der Waals surface area contributed by atoms with Gasteiger partial charge in [-0.2, -0.15) is 0 Å². The lowest BCUT2D eigenvalue weighted by Gasteiger charge is -2.26. The smallest absolute Gasteiger partial charge is 0.106 e. The summed E-state index contributed by atoms with van der Waals surface area (Å²) in [4.78, 5) is 0.405. The van der Waals surface area contributed by atoms with Gasteiger partial charge in [-0.25, -0.2) is 0 Å². The van der Waals surface area contributed by atoms with Gasteiger partial charge in [0.1, 0.15) is 4.99 Å². The van der Waals surface area contributed by atoms with Crippen LogP contribution in [-0.2, 0) is 4.74 Å². The van der Waals surface area contributed by atoms with E-state index in [1.165, 1.54) is 0 Å². The van der Waals surface area contributed by atoms with E-state index in [2.05, 4.69) is 28.2 Å². The number of rotatable bonds is 3. The molecule has 1 unspecified atom stereocenters. The largest absolute Gasteiger partial charge is 0.389 e. The highest BCUT2D eigenvalue weighted by atomic mass is 79.9. The molecule has 1 aromatic rings. The fraction of sp³-hybridized carbons (Fsp3) is 0.417. The van der Waals surface area contributed by atoms with E-state index in [1.54, 1.807) is 0 Å². The fourth-order valence-corrected chi connectivity index (χ4v) is 2.46. The molecule has 0 aromatic heterocycles. The maximum atomic E-state index is 5.73. The summed E-state index contributed by atoms with van der Waals surface area (Å²) in [6, 6.07) is 5.86. The molecule has 2 rings (SSSR count). The zero-order valence-corrected chi connectivity index (χ0v) is 12.0. The van der Waals surface area contributed by atoms with Gasteiger partial charge in [-0.1, -0.05) is 28.1 Å². The van der Waals surface area contributed by atoms with Gasteiger partial charge in [0, 0.05) is 22.3 Å². The van der Waals surface area contributed by atoms with Crippen LogP contribution >= 0.6 is 28.1 Å². The van der Waals surface area contributed by atoms with Crippen molar-refractivity contribution < 1.29 is 4.74 Å². The number of benzene rings is 1. The van der Waals surface area contributed by atoms with E-state index in [9.17, 15) is 0 Å². The summed E-state index contributed by atoms with van der Waals surface area (Å²) in [6.07, 6.45) is 0.982. The van der Waals surface area contributed by atoms with Gasteiger partial charge in [-0.3, -0.25) is 0 Å². The molecule has 0 spiro atoms. The maximum absolute atomic E-state index is 5.73. The van der Waals surface area contributed by atoms with E-state index in [-0.39, 0.29) is 5.54 Å². The lowest BCUT2D eigenvalue weighted by atomic mass is 10.0. The predicted molar refractivity (Wildman–Crippen MR) is 77.5 cm³/mol. The van der Waals surface area contributed by atoms with Gasteiger partial charge < -0.3 is 15.8 Å². The third-order valence-corrected chi connectivity index (χ3v) is 3.62. The van der Waals surface area contributed by atoms with Crippen molar-refractivity contribution in [2.75, 3.05) is 18.5 Å². The molecular formula is C12H15BrN2OS. The molecule has 1 saturated heterocycles. The second kappa shape index (κ2) is 4.92. The zero-order valence-electron chi connectivity index (χ0n) is 9.63. The van der Waals surface area contributed by atoms with Crippen molar-refractivity contribution in [3.05, 3.63) is 28.2 Å². The van der Waals surface area contributed by atoms with Crippen LogP contribution in [0.1, 0.15) is 18.9 Å². The van der Waals surface area contributed by atoms with Gasteiger partial charge in [0.25, 0.3) is 0 Å². The molecule has 0 bridgehead atoms. The second-order valence-electron chi connectivity index (χ2n) is 4.54. The van der Waals surface area contributed by atoms with Gasteiger partial charge in [0.2, 0.25) is 0 Å². The van der Waals surface area contributed by atoms with Gasteiger partial charge in [-0.05, 0) is 31.5 Å². The van der Waals surface area contributed by atoms with Crippen molar-refractivity contribution in [1.82, 2.24) is 0 Å². The first-order chi connectivity index (χ1) is 8.00. The molecule has 0 aliphatic carbocycles. The van der Waals surface area contributed by atoms with E-state index in [4.69, 9.17) is 22.7 Å². The summed E-state index contributed by atoms with van der Waals surface area (Å²) in [7, 11) is 0. The highest BCUT2D eigenvalue weighted by Gasteiger charge is 2.30. The van der Waals surface area contributed by atoms with E-state index < -0.39 is 0 Å². The second-order valence-corrected chi connectivity index (χ2v) is 5.90. The number of nitrogens with two attached hydrogens (primary N) is 1. The molecule has 0 radical (unpaired) electrons. The van der Waals surface area contributed by atoms with Crippen LogP contribution in [0.25, 0.3) is 0 Å². The quantitative estimate of drug-likeness (QED) is 0.842. The Hall–Kier alpha value is -0.650. The average Bonchev–Trinajstić information content (AvgIpc) is 2.64. The molecular weight excluding hydrogens is 300 g/mol. The van der Waals surface area contributed by atoms with E-state index in [0.717, 1.165) is 28.8 Å². The van der Waals surface area contributed by atoms with Crippen molar-refractivity contribution in [2.45, 2.75) is 18.9 Å². The Morgan fingerprint density at radius 2 is 2.35 bits per heavy atom. The van der Waals surface area contributed by atoms with Crippen molar-refractivity contribution in [2.24, 2.45) is 5.73 Å². The molecule has 0 amide bonds. The topological polar surface area (TPSA) is 47.3 Å². The monoisotopic (exact) mass is 314 g/mol. The van der Waals surface area contributed by atoms with Crippen LogP contribution in [0.3, 0.4) is 0 Å². The first kappa shape index (κ1) is 12.8. The summed E-state index contributed by atoms with van der Waals surface area (Å²) < 4.78 is 6.43. The molecule has 1 aliphatic heterocycles. The van der Waals surface area contributed by atoms with Crippen LogP contribution in [-0.4, -0.2) is 23.7 Å². The Kier molecular flexibility index (Phi) is 3.70. The molecule has 92 valence electrons. The van der Waals surface area contributed by atoms with Crippen LogP contribution in [0.15, 0.2) is 22.7 Å². The lowest BCUT2D eigenvalue weighted by Crippen LogP contribution is -2.35. The number of ether oxygens (including phenoxy) is 1. The zero-order chi connectivity index (χ0) is 12.5. The molecule has 5 heteroatoms. The number of anilines is 1. The minimum Gasteiger partial charge on any atom is -0.389 e. The highest BCUT2D eigenvalue weighted by molar-refractivity contribution is 9.10. The Morgan fingerprint density at radius 1 is 1.59 bits per heavy atom. The molecule has 3 N–H and O–H groups in total. The normalized spacial score (nSPS) is 23.6. The van der Waals surface area contributed by atoms with Gasteiger partial charge >= 0.3 is 0 Å². The van der Waals surface area contributed by atoms with Crippen LogP contribution in [0.5, 0.6) is 0 Å². The van der Waals surface area contributed by atoms with Crippen molar-refractivity contribution in [1.29, 1.82) is 0 Å². The molecule has 1 heterocycles. The fourth-order valence-electron chi connectivity index (χ4n) is 1.93.